The van der Waals surface area contributed by atoms with Crippen LogP contribution < -0.4 is 15.0 Å². The Morgan fingerprint density at radius 2 is 1.86 bits per heavy atom. The molecule has 2 aromatic carbocycles. The molecule has 1 saturated heterocycles. The predicted molar refractivity (Wildman–Crippen MR) is 104 cm³/mol. The number of phenols is 1. The minimum atomic E-state index is -0.784. The third-order valence-corrected chi connectivity index (χ3v) is 4.31. The molecule has 2 N–H and O–H groups in total. The van der Waals surface area contributed by atoms with E-state index in [1.807, 2.05) is 19.1 Å². The normalized spacial score (nSPS) is 15.7. The summed E-state index contributed by atoms with van der Waals surface area (Å²) in [7, 11) is 0. The smallest absolute Gasteiger partial charge is 0.335 e. The lowest BCUT2D eigenvalue weighted by Crippen LogP contribution is -2.54. The summed E-state index contributed by atoms with van der Waals surface area (Å²) in [6.45, 7) is 4.04. The van der Waals surface area contributed by atoms with Gasteiger partial charge < -0.3 is 9.84 Å². The van der Waals surface area contributed by atoms with Crippen LogP contribution in [-0.2, 0) is 16.0 Å². The van der Waals surface area contributed by atoms with Crippen LogP contribution in [0.5, 0.6) is 11.5 Å². The van der Waals surface area contributed by atoms with E-state index in [1.165, 1.54) is 18.2 Å². The van der Waals surface area contributed by atoms with Crippen molar-refractivity contribution in [1.82, 2.24) is 5.32 Å². The zero-order chi connectivity index (χ0) is 20.3. The number of anilines is 1. The minimum absolute atomic E-state index is 0.0444. The Kier molecular flexibility index (Phi) is 5.44. The minimum Gasteiger partial charge on any atom is -0.504 e. The number of rotatable bonds is 5. The maximum atomic E-state index is 13.0. The second kappa shape index (κ2) is 7.96. The molecule has 0 saturated carbocycles. The Bertz CT molecular complexity index is 981. The number of ether oxygens (including phenoxy) is 1. The van der Waals surface area contributed by atoms with Crippen LogP contribution in [0.3, 0.4) is 0 Å². The molecule has 7 heteroatoms. The number of barbiturate groups is 1. The highest BCUT2D eigenvalue weighted by Gasteiger charge is 2.37. The fourth-order valence-electron chi connectivity index (χ4n) is 2.96. The molecule has 1 heterocycles. The second-order valence-electron chi connectivity index (χ2n) is 6.10. The topological polar surface area (TPSA) is 95.9 Å². The van der Waals surface area contributed by atoms with E-state index in [1.54, 1.807) is 25.1 Å². The van der Waals surface area contributed by atoms with Crippen LogP contribution in [0.15, 0.2) is 48.0 Å². The van der Waals surface area contributed by atoms with Gasteiger partial charge in [0.25, 0.3) is 11.8 Å². The van der Waals surface area contributed by atoms with E-state index >= 15 is 0 Å². The van der Waals surface area contributed by atoms with Gasteiger partial charge in [0.1, 0.15) is 5.57 Å². The number of aromatic hydroxyl groups is 1. The molecule has 0 atom stereocenters. The zero-order valence-corrected chi connectivity index (χ0v) is 15.6. The van der Waals surface area contributed by atoms with Crippen LogP contribution in [0, 0.1) is 0 Å². The number of nitrogens with zero attached hydrogens (tertiary/aromatic N) is 1. The fourth-order valence-corrected chi connectivity index (χ4v) is 2.96. The highest BCUT2D eigenvalue weighted by molar-refractivity contribution is 6.39. The molecule has 28 heavy (non-hydrogen) atoms. The predicted octanol–water partition coefficient (Wildman–Crippen LogP) is 3.02. The van der Waals surface area contributed by atoms with Crippen molar-refractivity contribution in [2.75, 3.05) is 11.5 Å². The molecule has 1 aliphatic heterocycles. The first-order valence-corrected chi connectivity index (χ1v) is 8.91. The van der Waals surface area contributed by atoms with Crippen LogP contribution in [0.1, 0.15) is 25.0 Å². The van der Waals surface area contributed by atoms with Gasteiger partial charge in [0.15, 0.2) is 11.5 Å². The molecule has 0 unspecified atom stereocenters. The van der Waals surface area contributed by atoms with Crippen molar-refractivity contribution in [3.63, 3.8) is 0 Å². The molecule has 1 aliphatic rings. The number of imide groups is 2. The van der Waals surface area contributed by atoms with E-state index in [9.17, 15) is 19.5 Å². The van der Waals surface area contributed by atoms with Crippen molar-refractivity contribution < 1.29 is 24.2 Å². The van der Waals surface area contributed by atoms with E-state index < -0.39 is 17.8 Å². The van der Waals surface area contributed by atoms with Crippen LogP contribution in [-0.4, -0.2) is 29.6 Å². The molecule has 0 radical (unpaired) electrons. The molecule has 3 rings (SSSR count). The lowest BCUT2D eigenvalue weighted by atomic mass is 10.0. The number of hydrogen-bond donors (Lipinski definition) is 2. The van der Waals surface area contributed by atoms with E-state index in [4.69, 9.17) is 4.74 Å². The summed E-state index contributed by atoms with van der Waals surface area (Å²) in [4.78, 5) is 38.6. The highest BCUT2D eigenvalue weighted by atomic mass is 16.5. The van der Waals surface area contributed by atoms with Gasteiger partial charge in [0, 0.05) is 0 Å². The first-order valence-electron chi connectivity index (χ1n) is 8.91. The first kappa shape index (κ1) is 19.2. The van der Waals surface area contributed by atoms with Crippen LogP contribution in [0.25, 0.3) is 6.08 Å². The van der Waals surface area contributed by atoms with Gasteiger partial charge in [0.05, 0.1) is 12.3 Å². The lowest BCUT2D eigenvalue weighted by molar-refractivity contribution is -0.122. The number of nitrogens with one attached hydrogen (secondary N) is 1. The van der Waals surface area contributed by atoms with Crippen LogP contribution in [0.2, 0.25) is 0 Å². The molecular formula is C21H20N2O5. The largest absolute Gasteiger partial charge is 0.504 e. The van der Waals surface area contributed by atoms with Gasteiger partial charge in [-0.2, -0.15) is 0 Å². The van der Waals surface area contributed by atoms with Crippen molar-refractivity contribution in [1.29, 1.82) is 0 Å². The van der Waals surface area contributed by atoms with Crippen molar-refractivity contribution in [3.8, 4) is 11.5 Å². The molecule has 0 spiro atoms. The average molecular weight is 380 g/mol. The van der Waals surface area contributed by atoms with Gasteiger partial charge in [-0.25, -0.2) is 9.69 Å². The number of carbonyl (C=O) groups is 3. The van der Waals surface area contributed by atoms with Gasteiger partial charge in [0.2, 0.25) is 0 Å². The molecule has 1 fully saturated rings. The number of aryl methyl sites for hydroxylation is 1. The maximum Gasteiger partial charge on any atom is 0.335 e. The molecule has 0 aromatic heterocycles. The second-order valence-corrected chi connectivity index (χ2v) is 6.10. The SMILES string of the molecule is CCOc1cc(C=C2C(=O)NC(=O)N(c3ccccc3CC)C2=O)ccc1O. The molecule has 0 bridgehead atoms. The Labute approximate surface area is 162 Å². The van der Waals surface area contributed by atoms with Crippen LogP contribution >= 0.6 is 0 Å². The summed E-state index contributed by atoms with van der Waals surface area (Å²) in [6, 6.07) is 10.7. The third-order valence-electron chi connectivity index (χ3n) is 4.31. The molecule has 0 aliphatic carbocycles. The van der Waals surface area contributed by atoms with E-state index in [-0.39, 0.29) is 17.1 Å². The third kappa shape index (κ3) is 3.59. The van der Waals surface area contributed by atoms with Crippen molar-refractivity contribution >= 4 is 29.6 Å². The molecule has 7 nitrogen and oxygen atoms in total. The Balaban J connectivity index is 2.03. The quantitative estimate of drug-likeness (QED) is 0.614. The van der Waals surface area contributed by atoms with Crippen molar-refractivity contribution in [3.05, 3.63) is 59.2 Å². The summed E-state index contributed by atoms with van der Waals surface area (Å²) < 4.78 is 5.33. The van der Waals surface area contributed by atoms with Crippen molar-refractivity contribution in [2.45, 2.75) is 20.3 Å². The summed E-state index contributed by atoms with van der Waals surface area (Å²) in [6.07, 6.45) is 1.99. The highest BCUT2D eigenvalue weighted by Crippen LogP contribution is 2.29. The molecule has 4 amide bonds. The number of amides is 4. The van der Waals surface area contributed by atoms with Gasteiger partial charge >= 0.3 is 6.03 Å². The van der Waals surface area contributed by atoms with E-state index in [0.717, 1.165) is 10.5 Å². The average Bonchev–Trinajstić information content (AvgIpc) is 2.68. The molecule has 2 aromatic rings. The molecular weight excluding hydrogens is 360 g/mol. The number of benzene rings is 2. The Morgan fingerprint density at radius 3 is 2.57 bits per heavy atom. The summed E-state index contributed by atoms with van der Waals surface area (Å²) in [5.74, 6) is -1.28. The standard InChI is InChI=1S/C21H20N2O5/c1-3-14-7-5-6-8-16(14)23-20(26)15(19(25)22-21(23)27)11-13-9-10-17(24)18(12-13)28-4-2/h5-12,24H,3-4H2,1-2H3,(H,22,25,27). The maximum absolute atomic E-state index is 13.0. The number of carbonyl (C=O) groups excluding carboxylic acids is 3. The summed E-state index contributed by atoms with van der Waals surface area (Å²) >= 11 is 0. The lowest BCUT2D eigenvalue weighted by Gasteiger charge is -2.28. The first-order chi connectivity index (χ1) is 13.5. The van der Waals surface area contributed by atoms with Gasteiger partial charge in [-0.05, 0) is 48.7 Å². The Morgan fingerprint density at radius 1 is 1.11 bits per heavy atom. The van der Waals surface area contributed by atoms with Gasteiger partial charge in [-0.3, -0.25) is 14.9 Å². The zero-order valence-electron chi connectivity index (χ0n) is 15.6. The van der Waals surface area contributed by atoms with Crippen molar-refractivity contribution in [2.24, 2.45) is 0 Å². The number of urea groups is 1. The molecule has 144 valence electrons. The van der Waals surface area contributed by atoms with E-state index in [0.29, 0.717) is 24.3 Å². The monoisotopic (exact) mass is 380 g/mol. The number of phenolic OH excluding ortho intramolecular Hbond substituents is 1. The Hall–Kier alpha value is -3.61. The van der Waals surface area contributed by atoms with Crippen LogP contribution in [0.4, 0.5) is 10.5 Å². The van der Waals surface area contributed by atoms with E-state index in [2.05, 4.69) is 5.32 Å². The fraction of sp³-hybridized carbons (Fsp3) is 0.190. The number of para-hydroxylation sites is 1. The van der Waals surface area contributed by atoms with Gasteiger partial charge in [-0.1, -0.05) is 31.2 Å². The number of hydrogen-bond acceptors (Lipinski definition) is 5. The van der Waals surface area contributed by atoms with Gasteiger partial charge in [-0.15, -0.1) is 0 Å². The summed E-state index contributed by atoms with van der Waals surface area (Å²) in [5, 5.41) is 12.0. The summed E-state index contributed by atoms with van der Waals surface area (Å²) in [5.41, 5.74) is 1.55.